The predicted molar refractivity (Wildman–Crippen MR) is 66.3 cm³/mol. The third-order valence-corrected chi connectivity index (χ3v) is 3.16. The van der Waals surface area contributed by atoms with E-state index in [-0.39, 0.29) is 17.6 Å². The molecule has 6 heteroatoms. The highest BCUT2D eigenvalue weighted by Crippen LogP contribution is 2.21. The predicted octanol–water partition coefficient (Wildman–Crippen LogP) is 1.08. The Morgan fingerprint density at radius 1 is 1.56 bits per heavy atom. The summed E-state index contributed by atoms with van der Waals surface area (Å²) in [5, 5.41) is 10.8. The minimum Gasteiger partial charge on any atom is -0.337 e. The van der Waals surface area contributed by atoms with Crippen LogP contribution in [0.4, 0.5) is 5.69 Å². The van der Waals surface area contributed by atoms with Crippen molar-refractivity contribution in [3.05, 3.63) is 39.4 Å². The van der Waals surface area contributed by atoms with Crippen LogP contribution in [0.1, 0.15) is 22.3 Å². The number of hydrogen-bond donors (Lipinski definition) is 1. The van der Waals surface area contributed by atoms with Gasteiger partial charge in [-0.3, -0.25) is 14.9 Å². The number of nitrogens with zero attached hydrogens (tertiary/aromatic N) is 2. The largest absolute Gasteiger partial charge is 0.337 e. The van der Waals surface area contributed by atoms with Gasteiger partial charge in [0.05, 0.1) is 4.92 Å². The fraction of sp³-hybridized carbons (Fsp3) is 0.417. The molecular weight excluding hydrogens is 234 g/mol. The van der Waals surface area contributed by atoms with Crippen molar-refractivity contribution in [1.29, 1.82) is 0 Å². The number of nitro groups is 1. The molecule has 1 aromatic carbocycles. The molecule has 1 saturated heterocycles. The molecule has 1 aromatic rings. The van der Waals surface area contributed by atoms with Crippen molar-refractivity contribution in [1.82, 2.24) is 4.90 Å². The smallest absolute Gasteiger partial charge is 0.273 e. The molecule has 18 heavy (non-hydrogen) atoms. The van der Waals surface area contributed by atoms with E-state index in [1.54, 1.807) is 24.0 Å². The van der Waals surface area contributed by atoms with Crippen molar-refractivity contribution in [3.63, 3.8) is 0 Å². The summed E-state index contributed by atoms with van der Waals surface area (Å²) < 4.78 is 0. The summed E-state index contributed by atoms with van der Waals surface area (Å²) in [7, 11) is 0. The van der Waals surface area contributed by atoms with Gasteiger partial charge in [-0.1, -0.05) is 6.07 Å². The Morgan fingerprint density at radius 3 is 2.83 bits per heavy atom. The average molecular weight is 249 g/mol. The molecule has 1 heterocycles. The maximum absolute atomic E-state index is 12.1. The summed E-state index contributed by atoms with van der Waals surface area (Å²) in [6.45, 7) is 2.78. The Kier molecular flexibility index (Phi) is 3.29. The van der Waals surface area contributed by atoms with E-state index in [1.807, 2.05) is 0 Å². The van der Waals surface area contributed by atoms with Gasteiger partial charge in [-0.2, -0.15) is 0 Å². The van der Waals surface area contributed by atoms with Crippen LogP contribution in [0, 0.1) is 17.0 Å². The van der Waals surface area contributed by atoms with Crippen LogP contribution in [-0.2, 0) is 0 Å². The van der Waals surface area contributed by atoms with Gasteiger partial charge in [0.2, 0.25) is 0 Å². The molecular formula is C12H15N3O3. The normalized spacial score (nSPS) is 19.0. The van der Waals surface area contributed by atoms with E-state index in [0.717, 1.165) is 6.42 Å². The Balaban J connectivity index is 2.26. The summed E-state index contributed by atoms with van der Waals surface area (Å²) >= 11 is 0. The van der Waals surface area contributed by atoms with Crippen molar-refractivity contribution in [2.24, 2.45) is 5.73 Å². The molecule has 0 aromatic heterocycles. The van der Waals surface area contributed by atoms with E-state index in [2.05, 4.69) is 0 Å². The SMILES string of the molecule is Cc1ccc(C(=O)N2CC[C@@H](N)C2)cc1[N+](=O)[O-]. The van der Waals surface area contributed by atoms with Gasteiger partial charge in [-0.25, -0.2) is 0 Å². The van der Waals surface area contributed by atoms with E-state index in [9.17, 15) is 14.9 Å². The second-order valence-electron chi connectivity index (χ2n) is 4.56. The first kappa shape index (κ1) is 12.5. The number of carbonyl (C=O) groups excluding carboxylic acids is 1. The lowest BCUT2D eigenvalue weighted by atomic mass is 10.1. The standard InChI is InChI=1S/C12H15N3O3/c1-8-2-3-9(6-11(8)15(17)18)12(16)14-5-4-10(13)7-14/h2-3,6,10H,4-5,7,13H2,1H3/t10-/m1/s1. The van der Waals surface area contributed by atoms with Gasteiger partial charge in [0.1, 0.15) is 0 Å². The lowest BCUT2D eigenvalue weighted by Crippen LogP contribution is -2.31. The number of nitrogens with two attached hydrogens (primary N) is 1. The zero-order chi connectivity index (χ0) is 13.3. The lowest BCUT2D eigenvalue weighted by Gasteiger charge is -2.15. The molecule has 1 aliphatic heterocycles. The van der Waals surface area contributed by atoms with Crippen LogP contribution in [-0.4, -0.2) is 34.9 Å². The van der Waals surface area contributed by atoms with Gasteiger partial charge in [0.25, 0.3) is 11.6 Å². The number of nitro benzene ring substituents is 1. The van der Waals surface area contributed by atoms with E-state index in [4.69, 9.17) is 5.73 Å². The third-order valence-electron chi connectivity index (χ3n) is 3.16. The summed E-state index contributed by atoms with van der Waals surface area (Å²) in [5.74, 6) is -0.189. The average Bonchev–Trinajstić information content (AvgIpc) is 2.75. The van der Waals surface area contributed by atoms with Gasteiger partial charge >= 0.3 is 0 Å². The minimum atomic E-state index is -0.470. The van der Waals surface area contributed by atoms with Crippen LogP contribution in [0.3, 0.4) is 0 Å². The number of likely N-dealkylation sites (tertiary alicyclic amines) is 1. The third kappa shape index (κ3) is 2.33. The Morgan fingerprint density at radius 2 is 2.28 bits per heavy atom. The molecule has 0 spiro atoms. The van der Waals surface area contributed by atoms with Crippen molar-refractivity contribution in [2.75, 3.05) is 13.1 Å². The molecule has 1 fully saturated rings. The summed E-state index contributed by atoms with van der Waals surface area (Å²) in [6.07, 6.45) is 0.777. The number of rotatable bonds is 2. The summed E-state index contributed by atoms with van der Waals surface area (Å²) in [6, 6.07) is 4.56. The van der Waals surface area contributed by atoms with Crippen molar-refractivity contribution >= 4 is 11.6 Å². The molecule has 2 rings (SSSR count). The minimum absolute atomic E-state index is 0.00869. The molecule has 96 valence electrons. The molecule has 6 nitrogen and oxygen atoms in total. The molecule has 0 bridgehead atoms. The number of carbonyl (C=O) groups is 1. The number of aryl methyl sites for hydroxylation is 1. The fourth-order valence-electron chi connectivity index (χ4n) is 2.09. The molecule has 1 atom stereocenters. The maximum atomic E-state index is 12.1. The molecule has 0 aliphatic carbocycles. The van der Waals surface area contributed by atoms with Crippen LogP contribution in [0.5, 0.6) is 0 Å². The number of hydrogen-bond acceptors (Lipinski definition) is 4. The van der Waals surface area contributed by atoms with Crippen LogP contribution in [0.15, 0.2) is 18.2 Å². The summed E-state index contributed by atoms with van der Waals surface area (Å²) in [4.78, 5) is 24.1. The van der Waals surface area contributed by atoms with Gasteiger partial charge in [0, 0.05) is 36.3 Å². The monoisotopic (exact) mass is 249 g/mol. The molecule has 0 unspecified atom stereocenters. The van der Waals surface area contributed by atoms with E-state index in [0.29, 0.717) is 24.2 Å². The number of benzene rings is 1. The molecule has 0 radical (unpaired) electrons. The van der Waals surface area contributed by atoms with E-state index in [1.165, 1.54) is 6.07 Å². The Bertz CT molecular complexity index is 501. The second kappa shape index (κ2) is 4.73. The van der Waals surface area contributed by atoms with Gasteiger partial charge < -0.3 is 10.6 Å². The highest BCUT2D eigenvalue weighted by molar-refractivity contribution is 5.95. The van der Waals surface area contributed by atoms with E-state index >= 15 is 0 Å². The fourth-order valence-corrected chi connectivity index (χ4v) is 2.09. The second-order valence-corrected chi connectivity index (χ2v) is 4.56. The quantitative estimate of drug-likeness (QED) is 0.627. The maximum Gasteiger partial charge on any atom is 0.273 e. The van der Waals surface area contributed by atoms with Crippen molar-refractivity contribution in [2.45, 2.75) is 19.4 Å². The number of amides is 1. The van der Waals surface area contributed by atoms with Crippen LogP contribution in [0.25, 0.3) is 0 Å². The molecule has 2 N–H and O–H groups in total. The Hall–Kier alpha value is -1.95. The first-order chi connectivity index (χ1) is 8.49. The highest BCUT2D eigenvalue weighted by Gasteiger charge is 2.25. The Labute approximate surface area is 105 Å². The highest BCUT2D eigenvalue weighted by atomic mass is 16.6. The topological polar surface area (TPSA) is 89.5 Å². The zero-order valence-corrected chi connectivity index (χ0v) is 10.1. The van der Waals surface area contributed by atoms with Crippen molar-refractivity contribution < 1.29 is 9.72 Å². The molecule has 1 aliphatic rings. The first-order valence-electron chi connectivity index (χ1n) is 5.79. The van der Waals surface area contributed by atoms with E-state index < -0.39 is 4.92 Å². The molecule has 0 saturated carbocycles. The van der Waals surface area contributed by atoms with Gasteiger partial charge in [-0.05, 0) is 19.4 Å². The van der Waals surface area contributed by atoms with Gasteiger partial charge in [-0.15, -0.1) is 0 Å². The van der Waals surface area contributed by atoms with Crippen LogP contribution in [0.2, 0.25) is 0 Å². The van der Waals surface area contributed by atoms with Crippen LogP contribution < -0.4 is 5.73 Å². The van der Waals surface area contributed by atoms with Crippen molar-refractivity contribution in [3.8, 4) is 0 Å². The summed E-state index contributed by atoms with van der Waals surface area (Å²) in [5.41, 5.74) is 6.62. The van der Waals surface area contributed by atoms with Crippen LogP contribution >= 0.6 is 0 Å². The first-order valence-corrected chi connectivity index (χ1v) is 5.79. The van der Waals surface area contributed by atoms with Gasteiger partial charge in [0.15, 0.2) is 0 Å². The zero-order valence-electron chi connectivity index (χ0n) is 10.1. The molecule has 1 amide bonds. The lowest BCUT2D eigenvalue weighted by molar-refractivity contribution is -0.385.